The molecule has 1 aliphatic heterocycles. The van der Waals surface area contributed by atoms with Gasteiger partial charge in [-0.2, -0.15) is 5.10 Å². The summed E-state index contributed by atoms with van der Waals surface area (Å²) in [4.78, 5) is 5.27. The third kappa shape index (κ3) is 1.23. The van der Waals surface area contributed by atoms with Gasteiger partial charge in [0.1, 0.15) is 0 Å². The van der Waals surface area contributed by atoms with Crippen molar-refractivity contribution in [2.75, 3.05) is 11.9 Å². The van der Waals surface area contributed by atoms with E-state index in [2.05, 4.69) is 10.1 Å². The molecule has 0 saturated heterocycles. The van der Waals surface area contributed by atoms with E-state index in [0.717, 1.165) is 11.3 Å². The molecule has 0 saturated carbocycles. The van der Waals surface area contributed by atoms with Crippen molar-refractivity contribution in [1.82, 2.24) is 14.8 Å². The van der Waals surface area contributed by atoms with E-state index in [0.29, 0.717) is 11.3 Å². The number of halogens is 1. The van der Waals surface area contributed by atoms with Gasteiger partial charge in [0.2, 0.25) is 0 Å². The molecule has 82 valence electrons. The Bertz CT molecular complexity index is 650. The number of nitrogens with zero attached hydrogens (tertiary/aromatic N) is 4. The molecule has 0 N–H and O–H groups in total. The first-order valence-electron chi connectivity index (χ1n) is 6.33. The number of aromatic nitrogens is 3. The number of hydrogen-bond acceptors (Lipinski definition) is 3. The zero-order valence-electron chi connectivity index (χ0n) is 11.6. The summed E-state index contributed by atoms with van der Waals surface area (Å²) in [5.41, 5.74) is 2.77. The van der Waals surface area contributed by atoms with Crippen LogP contribution in [0.4, 0.5) is 5.69 Å². The van der Waals surface area contributed by atoms with Gasteiger partial charge in [-0.25, -0.2) is 4.98 Å². The molecule has 0 unspecified atom stereocenters. The molecule has 0 radical (unpaired) electrons. The van der Waals surface area contributed by atoms with Gasteiger partial charge in [-0.05, 0) is 6.07 Å². The van der Waals surface area contributed by atoms with E-state index < -0.39 is 6.98 Å². The minimum atomic E-state index is -2.27. The van der Waals surface area contributed by atoms with Crippen LogP contribution in [0.1, 0.15) is 9.68 Å². The Morgan fingerprint density at radius 2 is 2.44 bits per heavy atom. The molecule has 0 fully saturated rings. The largest absolute Gasteiger partial charge is 0.367 e. The normalized spacial score (nSPS) is 17.1. The predicted octanol–water partition coefficient (Wildman–Crippen LogP) is 2.09. The fraction of sp³-hybridized carbons (Fsp3) is 0.273. The Kier molecular flexibility index (Phi) is 1.39. The van der Waals surface area contributed by atoms with E-state index in [9.17, 15) is 0 Å². The van der Waals surface area contributed by atoms with Gasteiger partial charge in [-0.15, -0.1) is 0 Å². The van der Waals surface area contributed by atoms with Crippen molar-refractivity contribution >= 4 is 17.3 Å². The summed E-state index contributed by atoms with van der Waals surface area (Å²) in [5, 5.41) is 4.56. The number of hydrogen-bond donors (Lipinski definition) is 0. The lowest BCUT2D eigenvalue weighted by molar-refractivity contribution is 0.770. The van der Waals surface area contributed by atoms with Gasteiger partial charge in [-0.3, -0.25) is 4.68 Å². The Labute approximate surface area is 103 Å². The number of pyridine rings is 1. The fourth-order valence-corrected chi connectivity index (χ4v) is 2.27. The maximum Gasteiger partial charge on any atom is 0.152 e. The van der Waals surface area contributed by atoms with Crippen molar-refractivity contribution < 1.29 is 4.11 Å². The van der Waals surface area contributed by atoms with Crippen molar-refractivity contribution in [2.45, 2.75) is 6.54 Å². The van der Waals surface area contributed by atoms with Crippen LogP contribution in [0.3, 0.4) is 0 Å². The number of aryl methyl sites for hydroxylation is 1. The van der Waals surface area contributed by atoms with E-state index >= 15 is 0 Å². The Morgan fingerprint density at radius 3 is 3.25 bits per heavy atom. The smallest absolute Gasteiger partial charge is 0.152 e. The van der Waals surface area contributed by atoms with Crippen molar-refractivity contribution in [1.29, 1.82) is 0 Å². The van der Waals surface area contributed by atoms with Crippen molar-refractivity contribution in [2.24, 2.45) is 7.05 Å². The van der Waals surface area contributed by atoms with E-state index in [1.165, 1.54) is 4.90 Å². The van der Waals surface area contributed by atoms with Crippen molar-refractivity contribution in [3.63, 3.8) is 0 Å². The van der Waals surface area contributed by atoms with Crippen molar-refractivity contribution in [3.8, 4) is 11.3 Å². The molecule has 0 aromatic carbocycles. The van der Waals surface area contributed by atoms with Gasteiger partial charge in [0.15, 0.2) is 5.15 Å². The summed E-state index contributed by atoms with van der Waals surface area (Å²) in [6, 6.07) is 1.74. The average molecular weight is 238 g/mol. The van der Waals surface area contributed by atoms with Crippen LogP contribution < -0.4 is 4.90 Å². The highest BCUT2D eigenvalue weighted by atomic mass is 35.5. The highest BCUT2D eigenvalue weighted by molar-refractivity contribution is 6.32. The summed E-state index contributed by atoms with van der Waals surface area (Å²) in [5.74, 6) is 0. The second kappa shape index (κ2) is 3.22. The summed E-state index contributed by atoms with van der Waals surface area (Å²) in [7, 11) is 1.81. The quantitative estimate of drug-likeness (QED) is 0.658. The molecule has 0 spiro atoms. The zero-order chi connectivity index (χ0) is 13.8. The van der Waals surface area contributed by atoms with Gasteiger partial charge in [0, 0.05) is 48.2 Å². The molecule has 0 atom stereocenters. The van der Waals surface area contributed by atoms with Gasteiger partial charge in [-0.1, -0.05) is 11.6 Å². The maximum absolute atomic E-state index is 7.65. The topological polar surface area (TPSA) is 34.0 Å². The SMILES string of the molecule is [2H]C([2H])([2H])N1Cc2cn(C)nc2-c2ccnc(Cl)c21. The third-order valence-electron chi connectivity index (χ3n) is 2.64. The highest BCUT2D eigenvalue weighted by Crippen LogP contribution is 2.40. The summed E-state index contributed by atoms with van der Waals surface area (Å²) in [6.07, 6.45) is 3.38. The van der Waals surface area contributed by atoms with E-state index in [1.54, 1.807) is 24.0 Å². The lowest BCUT2D eigenvalue weighted by Gasteiger charge is -2.26. The lowest BCUT2D eigenvalue weighted by Crippen LogP contribution is -2.21. The average Bonchev–Trinajstić information content (AvgIpc) is 2.67. The van der Waals surface area contributed by atoms with E-state index in [1.807, 2.05) is 6.20 Å². The summed E-state index contributed by atoms with van der Waals surface area (Å²) >= 11 is 6.08. The third-order valence-corrected chi connectivity index (χ3v) is 2.91. The number of rotatable bonds is 0. The minimum absolute atomic E-state index is 0.185. The predicted molar refractivity (Wildman–Crippen MR) is 63.6 cm³/mol. The molecule has 2 aromatic heterocycles. The number of fused-ring (bicyclic) bond motifs is 3. The Morgan fingerprint density at radius 1 is 1.56 bits per heavy atom. The van der Waals surface area contributed by atoms with Gasteiger partial charge < -0.3 is 4.90 Å². The summed E-state index contributed by atoms with van der Waals surface area (Å²) in [6.45, 7) is -2.02. The highest BCUT2D eigenvalue weighted by Gasteiger charge is 2.24. The molecular formula is C11H11ClN4. The molecule has 0 aliphatic carbocycles. The van der Waals surface area contributed by atoms with E-state index in [-0.39, 0.29) is 11.7 Å². The molecule has 0 bridgehead atoms. The van der Waals surface area contributed by atoms with Gasteiger partial charge >= 0.3 is 0 Å². The lowest BCUT2D eigenvalue weighted by atomic mass is 10.0. The first kappa shape index (κ1) is 6.91. The fourth-order valence-electron chi connectivity index (χ4n) is 2.01. The van der Waals surface area contributed by atoms with Crippen LogP contribution in [0.5, 0.6) is 0 Å². The molecule has 16 heavy (non-hydrogen) atoms. The first-order chi connectivity index (χ1) is 8.88. The molecule has 3 heterocycles. The van der Waals surface area contributed by atoms with Crippen LogP contribution in [0, 0.1) is 0 Å². The second-order valence-corrected chi connectivity index (χ2v) is 4.12. The zero-order valence-corrected chi connectivity index (χ0v) is 9.36. The standard InChI is InChI=1S/C11H11ClN4/c1-15-5-7-6-16(2)14-9(7)8-3-4-13-11(12)10(8)15/h3-4,6H,5H2,1-2H3/i1D3. The van der Waals surface area contributed by atoms with Gasteiger partial charge in [0.25, 0.3) is 0 Å². The molecular weight excluding hydrogens is 224 g/mol. The molecule has 4 nitrogen and oxygen atoms in total. The Hall–Kier alpha value is -1.55. The van der Waals surface area contributed by atoms with Crippen molar-refractivity contribution in [3.05, 3.63) is 29.2 Å². The Balaban J connectivity index is 2.28. The van der Waals surface area contributed by atoms with Crippen LogP contribution in [0.2, 0.25) is 5.15 Å². The van der Waals surface area contributed by atoms with Crippen LogP contribution >= 0.6 is 11.6 Å². The molecule has 3 rings (SSSR count). The number of anilines is 1. The minimum Gasteiger partial charge on any atom is -0.367 e. The molecule has 0 amide bonds. The van der Waals surface area contributed by atoms with E-state index in [4.69, 9.17) is 15.7 Å². The molecule has 5 heteroatoms. The second-order valence-electron chi connectivity index (χ2n) is 3.76. The monoisotopic (exact) mass is 237 g/mol. The molecule has 1 aliphatic rings. The maximum atomic E-state index is 7.65. The molecule has 2 aromatic rings. The van der Waals surface area contributed by atoms with Crippen LogP contribution in [0.25, 0.3) is 11.3 Å². The van der Waals surface area contributed by atoms with Crippen LogP contribution in [0.15, 0.2) is 18.5 Å². The van der Waals surface area contributed by atoms with Crippen LogP contribution in [-0.2, 0) is 13.6 Å². The summed E-state index contributed by atoms with van der Waals surface area (Å²) < 4.78 is 24.6. The van der Waals surface area contributed by atoms with Crippen LogP contribution in [-0.4, -0.2) is 21.7 Å². The first-order valence-corrected chi connectivity index (χ1v) is 5.21. The van der Waals surface area contributed by atoms with Gasteiger partial charge in [0.05, 0.1) is 11.4 Å².